The van der Waals surface area contributed by atoms with Crippen LogP contribution in [-0.4, -0.2) is 31.3 Å². The number of hydrogen-bond donors (Lipinski definition) is 3. The fourth-order valence-electron chi connectivity index (χ4n) is 1.93. The van der Waals surface area contributed by atoms with Gasteiger partial charge < -0.3 is 10.2 Å². The number of rotatable bonds is 3. The zero-order valence-corrected chi connectivity index (χ0v) is 12.2. The van der Waals surface area contributed by atoms with Gasteiger partial charge in [0.1, 0.15) is 11.5 Å². The topological polar surface area (TPSA) is 86.4 Å². The number of phenols is 2. The SMILES string of the molecule is Oc1ccc(/C=N\n2c(-c3ccccc3)n[nH]c2=S)c(O)c1. The van der Waals surface area contributed by atoms with Crippen LogP contribution in [0, 0.1) is 4.77 Å². The van der Waals surface area contributed by atoms with Gasteiger partial charge in [0, 0.05) is 17.2 Å². The normalized spacial score (nSPS) is 11.1. The summed E-state index contributed by atoms with van der Waals surface area (Å²) in [6.45, 7) is 0. The van der Waals surface area contributed by atoms with Crippen molar-refractivity contribution in [3.05, 3.63) is 58.9 Å². The number of nitrogens with one attached hydrogen (secondary N) is 1. The lowest BCUT2D eigenvalue weighted by atomic mass is 10.2. The highest BCUT2D eigenvalue weighted by atomic mass is 32.1. The molecule has 0 fully saturated rings. The van der Waals surface area contributed by atoms with E-state index in [2.05, 4.69) is 15.3 Å². The first-order chi connectivity index (χ1) is 10.6. The van der Waals surface area contributed by atoms with Gasteiger partial charge in [-0.2, -0.15) is 14.9 Å². The van der Waals surface area contributed by atoms with Crippen LogP contribution in [0.15, 0.2) is 53.6 Å². The number of nitrogens with zero attached hydrogens (tertiary/aromatic N) is 3. The maximum absolute atomic E-state index is 9.77. The lowest BCUT2D eigenvalue weighted by Gasteiger charge is -2.02. The quantitative estimate of drug-likeness (QED) is 0.513. The Labute approximate surface area is 131 Å². The van der Waals surface area contributed by atoms with E-state index >= 15 is 0 Å². The lowest BCUT2D eigenvalue weighted by Crippen LogP contribution is -1.95. The van der Waals surface area contributed by atoms with Crippen molar-refractivity contribution >= 4 is 18.4 Å². The van der Waals surface area contributed by atoms with Gasteiger partial charge in [0.2, 0.25) is 4.77 Å². The Morgan fingerprint density at radius 3 is 2.64 bits per heavy atom. The van der Waals surface area contributed by atoms with Crippen LogP contribution in [0.25, 0.3) is 11.4 Å². The van der Waals surface area contributed by atoms with E-state index in [0.717, 1.165) is 5.56 Å². The van der Waals surface area contributed by atoms with Crippen LogP contribution in [-0.2, 0) is 0 Å². The van der Waals surface area contributed by atoms with Crippen LogP contribution in [0.3, 0.4) is 0 Å². The zero-order valence-electron chi connectivity index (χ0n) is 11.3. The van der Waals surface area contributed by atoms with Crippen molar-refractivity contribution in [3.8, 4) is 22.9 Å². The molecule has 1 aromatic heterocycles. The summed E-state index contributed by atoms with van der Waals surface area (Å²) in [7, 11) is 0. The number of aromatic amines is 1. The van der Waals surface area contributed by atoms with Crippen molar-refractivity contribution in [2.24, 2.45) is 5.10 Å². The molecular formula is C15H12N4O2S. The largest absolute Gasteiger partial charge is 0.508 e. The molecule has 0 aliphatic carbocycles. The molecule has 0 bridgehead atoms. The van der Waals surface area contributed by atoms with Gasteiger partial charge in [-0.15, -0.1) is 0 Å². The second kappa shape index (κ2) is 5.82. The second-order valence-electron chi connectivity index (χ2n) is 4.52. The molecule has 0 saturated carbocycles. The van der Waals surface area contributed by atoms with Crippen LogP contribution in [0.1, 0.15) is 5.56 Å². The molecule has 22 heavy (non-hydrogen) atoms. The monoisotopic (exact) mass is 312 g/mol. The summed E-state index contributed by atoms with van der Waals surface area (Å²) in [6.07, 6.45) is 1.45. The van der Waals surface area contributed by atoms with Crippen LogP contribution >= 0.6 is 12.2 Å². The summed E-state index contributed by atoms with van der Waals surface area (Å²) in [4.78, 5) is 0. The maximum atomic E-state index is 9.77. The van der Waals surface area contributed by atoms with E-state index < -0.39 is 0 Å². The summed E-state index contributed by atoms with van der Waals surface area (Å²) in [6, 6.07) is 13.8. The van der Waals surface area contributed by atoms with Crippen LogP contribution in [0.4, 0.5) is 0 Å². The van der Waals surface area contributed by atoms with Gasteiger partial charge in [0.15, 0.2) is 5.82 Å². The molecule has 0 amide bonds. The minimum Gasteiger partial charge on any atom is -0.508 e. The van der Waals surface area contributed by atoms with Crippen molar-refractivity contribution in [1.29, 1.82) is 0 Å². The third kappa shape index (κ3) is 2.75. The molecule has 0 spiro atoms. The van der Waals surface area contributed by atoms with E-state index in [1.165, 1.54) is 23.0 Å². The van der Waals surface area contributed by atoms with Crippen LogP contribution in [0.5, 0.6) is 11.5 Å². The van der Waals surface area contributed by atoms with Crippen molar-refractivity contribution in [2.45, 2.75) is 0 Å². The molecule has 0 atom stereocenters. The van der Waals surface area contributed by atoms with E-state index in [1.54, 1.807) is 6.07 Å². The number of phenolic OH excluding ortho intramolecular Hbond substituents is 2. The molecule has 0 unspecified atom stereocenters. The number of H-pyrrole nitrogens is 1. The summed E-state index contributed by atoms with van der Waals surface area (Å²) in [5.74, 6) is 0.486. The van der Waals surface area contributed by atoms with E-state index in [-0.39, 0.29) is 11.5 Å². The third-order valence-electron chi connectivity index (χ3n) is 3.01. The molecule has 0 saturated heterocycles. The van der Waals surface area contributed by atoms with Crippen LogP contribution < -0.4 is 0 Å². The van der Waals surface area contributed by atoms with Gasteiger partial charge in [-0.3, -0.25) is 0 Å². The molecule has 7 heteroatoms. The van der Waals surface area contributed by atoms with Crippen molar-refractivity contribution < 1.29 is 10.2 Å². The van der Waals surface area contributed by atoms with E-state index in [4.69, 9.17) is 12.2 Å². The molecule has 3 N–H and O–H groups in total. The summed E-state index contributed by atoms with van der Waals surface area (Å²) >= 11 is 5.17. The fraction of sp³-hybridized carbons (Fsp3) is 0. The van der Waals surface area contributed by atoms with Crippen LogP contribution in [0.2, 0.25) is 0 Å². The van der Waals surface area contributed by atoms with Gasteiger partial charge >= 0.3 is 0 Å². The van der Waals surface area contributed by atoms with E-state index in [0.29, 0.717) is 16.2 Å². The Balaban J connectivity index is 2.01. The number of benzene rings is 2. The number of aromatic hydroxyl groups is 2. The smallest absolute Gasteiger partial charge is 0.216 e. The van der Waals surface area contributed by atoms with Gasteiger partial charge in [-0.1, -0.05) is 30.3 Å². The lowest BCUT2D eigenvalue weighted by molar-refractivity contribution is 0.450. The van der Waals surface area contributed by atoms with E-state index in [1.807, 2.05) is 30.3 Å². The Morgan fingerprint density at radius 1 is 1.14 bits per heavy atom. The Kier molecular flexibility index (Phi) is 3.71. The highest BCUT2D eigenvalue weighted by Crippen LogP contribution is 2.21. The predicted molar refractivity (Wildman–Crippen MR) is 85.6 cm³/mol. The summed E-state index contributed by atoms with van der Waals surface area (Å²) in [5, 5.41) is 30.2. The molecule has 6 nitrogen and oxygen atoms in total. The van der Waals surface area contributed by atoms with Gasteiger partial charge in [0.05, 0.1) is 6.21 Å². The summed E-state index contributed by atoms with van der Waals surface area (Å²) in [5.41, 5.74) is 1.32. The maximum Gasteiger partial charge on any atom is 0.216 e. The summed E-state index contributed by atoms with van der Waals surface area (Å²) < 4.78 is 1.81. The fourth-order valence-corrected chi connectivity index (χ4v) is 2.11. The minimum atomic E-state index is -0.0694. The standard InChI is InChI=1S/C15H12N4O2S/c20-12-7-6-11(13(21)8-12)9-16-19-14(17-18-15(19)22)10-4-2-1-3-5-10/h1-9,20-21H,(H,18,22)/b16-9-. The molecule has 3 rings (SSSR count). The first-order valence-electron chi connectivity index (χ1n) is 6.44. The minimum absolute atomic E-state index is 0.0143. The molecule has 1 heterocycles. The van der Waals surface area contributed by atoms with Gasteiger partial charge in [-0.05, 0) is 24.4 Å². The van der Waals surface area contributed by atoms with Crippen molar-refractivity contribution in [1.82, 2.24) is 14.9 Å². The number of aromatic nitrogens is 3. The second-order valence-corrected chi connectivity index (χ2v) is 4.90. The molecule has 0 aliphatic heterocycles. The first-order valence-corrected chi connectivity index (χ1v) is 6.85. The molecule has 110 valence electrons. The Hall–Kier alpha value is -2.93. The van der Waals surface area contributed by atoms with Crippen molar-refractivity contribution in [2.75, 3.05) is 0 Å². The average Bonchev–Trinajstić information content (AvgIpc) is 2.88. The third-order valence-corrected chi connectivity index (χ3v) is 3.27. The van der Waals surface area contributed by atoms with Gasteiger partial charge in [-0.25, -0.2) is 5.10 Å². The molecule has 3 aromatic rings. The van der Waals surface area contributed by atoms with E-state index in [9.17, 15) is 10.2 Å². The van der Waals surface area contributed by atoms with Gasteiger partial charge in [0.25, 0.3) is 0 Å². The zero-order chi connectivity index (χ0) is 15.5. The Morgan fingerprint density at radius 2 is 1.91 bits per heavy atom. The van der Waals surface area contributed by atoms with Crippen molar-refractivity contribution in [3.63, 3.8) is 0 Å². The highest BCUT2D eigenvalue weighted by molar-refractivity contribution is 7.71. The number of hydrogen-bond acceptors (Lipinski definition) is 5. The molecule has 0 aliphatic rings. The molecule has 2 aromatic carbocycles. The average molecular weight is 312 g/mol. The highest BCUT2D eigenvalue weighted by Gasteiger charge is 2.07. The molecular weight excluding hydrogens is 300 g/mol. The predicted octanol–water partition coefficient (Wildman–Crippen LogP) is 2.90. The molecule has 0 radical (unpaired) electrons. The Bertz CT molecular complexity index is 884. The first kappa shape index (κ1) is 14.0.